The minimum absolute atomic E-state index is 0.0626. The second-order valence-corrected chi connectivity index (χ2v) is 9.19. The summed E-state index contributed by atoms with van der Waals surface area (Å²) in [5, 5.41) is 11.7. The molecule has 7 N–H and O–H groups in total. The molecule has 0 fully saturated rings. The molecule has 0 unspecified atom stereocenters. The summed E-state index contributed by atoms with van der Waals surface area (Å²) < 4.78 is 2.07. The van der Waals surface area contributed by atoms with Crippen molar-refractivity contribution < 1.29 is 15.0 Å². The average Bonchev–Trinajstić information content (AvgIpc) is 3.66. The number of fused-ring (bicyclic) bond motifs is 2. The molecule has 0 spiro atoms. The van der Waals surface area contributed by atoms with Crippen LogP contribution in [-0.2, 0) is 0 Å². The molecule has 0 bridgehead atoms. The SMILES string of the molecule is [NH2+]=C1N=CC([C@@H]2N=c3[nH]/c(=C4/CCNC(=O)c5[nH]ccc54)c(=O)n3[C@H]2CNC(=O)c2ncc(Br)[nH]2)=N1. The maximum absolute atomic E-state index is 13.7. The van der Waals surface area contributed by atoms with Gasteiger partial charge in [0.15, 0.2) is 11.5 Å². The summed E-state index contributed by atoms with van der Waals surface area (Å²) in [5.74, 6) is -0.451. The third kappa shape index (κ3) is 3.55. The molecule has 0 saturated heterocycles. The van der Waals surface area contributed by atoms with E-state index in [4.69, 9.17) is 10.4 Å². The maximum atomic E-state index is 13.7. The van der Waals surface area contributed by atoms with E-state index in [0.29, 0.717) is 51.1 Å². The molecule has 0 saturated carbocycles. The molecule has 0 aromatic carbocycles. The highest BCUT2D eigenvalue weighted by Crippen LogP contribution is 2.22. The van der Waals surface area contributed by atoms with Crippen molar-refractivity contribution in [3.8, 4) is 0 Å². The number of imidazole rings is 2. The normalized spacial score (nSPS) is 22.0. The van der Waals surface area contributed by atoms with E-state index in [1.165, 1.54) is 17.0 Å². The molecule has 3 aliphatic rings. The van der Waals surface area contributed by atoms with Gasteiger partial charge in [-0.25, -0.2) is 9.98 Å². The van der Waals surface area contributed by atoms with Crippen LogP contribution < -0.4 is 32.6 Å². The Bertz CT molecular complexity index is 1690. The molecule has 6 heterocycles. The number of aromatic amines is 3. The predicted molar refractivity (Wildman–Crippen MR) is 130 cm³/mol. The van der Waals surface area contributed by atoms with Crippen LogP contribution in [0.5, 0.6) is 0 Å². The molecule has 36 heavy (non-hydrogen) atoms. The highest BCUT2D eigenvalue weighted by Gasteiger charge is 2.39. The zero-order chi connectivity index (χ0) is 25.0. The van der Waals surface area contributed by atoms with Crippen LogP contribution in [0, 0.1) is 0 Å². The van der Waals surface area contributed by atoms with E-state index in [-0.39, 0.29) is 29.8 Å². The second kappa shape index (κ2) is 8.37. The Kier molecular flexibility index (Phi) is 5.13. The number of amides is 2. The summed E-state index contributed by atoms with van der Waals surface area (Å²) in [6.45, 7) is 0.442. The number of aromatic nitrogens is 5. The Morgan fingerprint density at radius 3 is 2.92 bits per heavy atom. The quantitative estimate of drug-likeness (QED) is 0.199. The summed E-state index contributed by atoms with van der Waals surface area (Å²) in [6.07, 6.45) is 5.09. The molecule has 2 amide bonds. The number of hydrogen-bond donors (Lipinski definition) is 6. The number of carbonyl (C=O) groups excluding carboxylic acids is 2. The van der Waals surface area contributed by atoms with Crippen molar-refractivity contribution in [3.05, 3.63) is 61.5 Å². The van der Waals surface area contributed by atoms with Gasteiger partial charge in [-0.15, -0.1) is 0 Å². The number of nitrogens with one attached hydrogen (secondary N) is 5. The summed E-state index contributed by atoms with van der Waals surface area (Å²) in [7, 11) is 0. The molecule has 0 aliphatic carbocycles. The standard InChI is InChI=1S/C21H18BrN11O3/c22-12-7-26-16(30-12)18(35)27-6-11-15(10-5-28-20(23)29-10)32-21-31-14(19(36)33(11)21)9-2-4-25-17(34)13-8(9)1-3-24-13/h1,3,5,7,11,15,23-24H,2,4,6H2,(H,25,34)(H,26,30)(H,27,35)(H,31,32)/p+1/b14-9-,23-20?/t11-,15-/m0/s1. The van der Waals surface area contributed by atoms with Gasteiger partial charge in [-0.2, -0.15) is 0 Å². The summed E-state index contributed by atoms with van der Waals surface area (Å²) in [4.78, 5) is 64.5. The molecular weight excluding hydrogens is 534 g/mol. The van der Waals surface area contributed by atoms with E-state index in [2.05, 4.69) is 56.5 Å². The molecule has 182 valence electrons. The smallest absolute Gasteiger partial charge is 0.357 e. The predicted octanol–water partition coefficient (Wildman–Crippen LogP) is -3.06. The molecule has 15 heteroatoms. The van der Waals surface area contributed by atoms with Gasteiger partial charge in [0.25, 0.3) is 17.4 Å². The first-order chi connectivity index (χ1) is 17.4. The van der Waals surface area contributed by atoms with Crippen LogP contribution in [0.15, 0.2) is 42.8 Å². The van der Waals surface area contributed by atoms with Crippen molar-refractivity contribution in [1.29, 1.82) is 0 Å². The van der Waals surface area contributed by atoms with Crippen molar-refractivity contribution in [2.24, 2.45) is 15.0 Å². The largest absolute Gasteiger partial charge is 0.424 e. The lowest BCUT2D eigenvalue weighted by molar-refractivity contribution is -0.116. The Balaban J connectivity index is 1.44. The van der Waals surface area contributed by atoms with Gasteiger partial charge in [-0.05, 0) is 34.0 Å². The van der Waals surface area contributed by atoms with Crippen molar-refractivity contribution in [1.82, 2.24) is 35.1 Å². The van der Waals surface area contributed by atoms with Crippen LogP contribution in [0.3, 0.4) is 0 Å². The third-order valence-electron chi connectivity index (χ3n) is 6.22. The number of nitrogens with two attached hydrogens (primary N) is 1. The molecule has 3 aromatic heterocycles. The van der Waals surface area contributed by atoms with E-state index in [1.807, 2.05) is 0 Å². The second-order valence-electron chi connectivity index (χ2n) is 8.33. The van der Waals surface area contributed by atoms with Crippen LogP contribution in [0.2, 0.25) is 0 Å². The molecule has 6 rings (SSSR count). The van der Waals surface area contributed by atoms with Gasteiger partial charge in [0, 0.05) is 24.8 Å². The number of guanidine groups is 1. The Morgan fingerprint density at radius 1 is 1.31 bits per heavy atom. The van der Waals surface area contributed by atoms with Gasteiger partial charge in [0.1, 0.15) is 27.9 Å². The molecule has 3 aromatic rings. The fraction of sp³-hybridized carbons (Fsp3) is 0.238. The van der Waals surface area contributed by atoms with Crippen LogP contribution in [-0.4, -0.2) is 73.3 Å². The van der Waals surface area contributed by atoms with Crippen molar-refractivity contribution in [2.75, 3.05) is 13.1 Å². The zero-order valence-electron chi connectivity index (χ0n) is 18.5. The number of rotatable bonds is 4. The number of halogens is 1. The van der Waals surface area contributed by atoms with Crippen molar-refractivity contribution >= 4 is 51.2 Å². The van der Waals surface area contributed by atoms with E-state index < -0.39 is 18.0 Å². The lowest BCUT2D eigenvalue weighted by atomic mass is 10.0. The topological polar surface area (TPSA) is 203 Å². The highest BCUT2D eigenvalue weighted by molar-refractivity contribution is 9.10. The highest BCUT2D eigenvalue weighted by atomic mass is 79.9. The molecule has 14 nitrogen and oxygen atoms in total. The lowest BCUT2D eigenvalue weighted by Gasteiger charge is -2.17. The fourth-order valence-electron chi connectivity index (χ4n) is 4.63. The van der Waals surface area contributed by atoms with Crippen molar-refractivity contribution in [3.63, 3.8) is 0 Å². The number of nitrogens with zero attached hydrogens (tertiary/aromatic N) is 5. The van der Waals surface area contributed by atoms with Gasteiger partial charge < -0.3 is 25.6 Å². The van der Waals surface area contributed by atoms with Crippen LogP contribution in [0.4, 0.5) is 0 Å². The van der Waals surface area contributed by atoms with Gasteiger partial charge in [0.05, 0.1) is 12.2 Å². The summed E-state index contributed by atoms with van der Waals surface area (Å²) >= 11 is 3.23. The van der Waals surface area contributed by atoms with Gasteiger partial charge in [-0.1, -0.05) is 9.98 Å². The van der Waals surface area contributed by atoms with Gasteiger partial charge >= 0.3 is 5.96 Å². The first-order valence-electron chi connectivity index (χ1n) is 11.0. The van der Waals surface area contributed by atoms with E-state index in [0.717, 1.165) is 0 Å². The Hall–Kier alpha value is -4.40. The lowest BCUT2D eigenvalue weighted by Crippen LogP contribution is -2.43. The first-order valence-corrected chi connectivity index (χ1v) is 11.8. The Labute approximate surface area is 209 Å². The van der Waals surface area contributed by atoms with E-state index >= 15 is 0 Å². The molecule has 2 atom stereocenters. The Morgan fingerprint density at radius 2 is 2.17 bits per heavy atom. The minimum Gasteiger partial charge on any atom is -0.357 e. The minimum atomic E-state index is -0.604. The van der Waals surface area contributed by atoms with E-state index in [1.54, 1.807) is 12.3 Å². The summed E-state index contributed by atoms with van der Waals surface area (Å²) in [5.41, 5.74) is 2.24. The number of carbonyl (C=O) groups is 2. The third-order valence-corrected chi connectivity index (χ3v) is 6.63. The number of hydrogen-bond acceptors (Lipinski definition) is 5. The number of H-pyrrole nitrogens is 3. The molecule has 3 aliphatic heterocycles. The van der Waals surface area contributed by atoms with Crippen LogP contribution >= 0.6 is 15.9 Å². The zero-order valence-corrected chi connectivity index (χ0v) is 20.1. The van der Waals surface area contributed by atoms with E-state index in [9.17, 15) is 14.4 Å². The monoisotopic (exact) mass is 552 g/mol. The maximum Gasteiger partial charge on any atom is 0.424 e. The molecule has 0 radical (unpaired) electrons. The van der Waals surface area contributed by atoms with Crippen LogP contribution in [0.1, 0.15) is 39.1 Å². The number of aliphatic imine (C=N–C) groups is 2. The average molecular weight is 553 g/mol. The van der Waals surface area contributed by atoms with Gasteiger partial charge in [-0.3, -0.25) is 24.4 Å². The summed E-state index contributed by atoms with van der Waals surface area (Å²) in [6, 6.07) is 0.567. The first kappa shape index (κ1) is 22.1. The van der Waals surface area contributed by atoms with Gasteiger partial charge in [0.2, 0.25) is 5.62 Å². The molecular formula is C21H19BrN11O3+. The fourth-order valence-corrected chi connectivity index (χ4v) is 4.92. The van der Waals surface area contributed by atoms with Crippen molar-refractivity contribution in [2.45, 2.75) is 18.5 Å². The van der Waals surface area contributed by atoms with Crippen LogP contribution in [0.25, 0.3) is 5.57 Å².